The van der Waals surface area contributed by atoms with Crippen LogP contribution in [0.5, 0.6) is 5.75 Å². The lowest BCUT2D eigenvalue weighted by molar-refractivity contribution is 0.263. The van der Waals surface area contributed by atoms with Gasteiger partial charge < -0.3 is 15.2 Å². The van der Waals surface area contributed by atoms with Gasteiger partial charge in [0.1, 0.15) is 12.4 Å². The van der Waals surface area contributed by atoms with E-state index in [0.29, 0.717) is 19.2 Å². The van der Waals surface area contributed by atoms with Gasteiger partial charge in [-0.25, -0.2) is 4.99 Å². The molecular weight excluding hydrogens is 204 g/mol. The number of aliphatic imine (C=N–C) groups is 1. The van der Waals surface area contributed by atoms with E-state index in [2.05, 4.69) is 4.99 Å². The highest BCUT2D eigenvalue weighted by Crippen LogP contribution is 2.13. The summed E-state index contributed by atoms with van der Waals surface area (Å²) in [5.41, 5.74) is 6.61. The maximum absolute atomic E-state index is 5.62. The van der Waals surface area contributed by atoms with Crippen LogP contribution in [0.4, 0.5) is 0 Å². The molecule has 0 saturated carbocycles. The fourth-order valence-corrected chi connectivity index (χ4v) is 1.60. The minimum Gasteiger partial charge on any atom is -0.494 e. The lowest BCUT2D eigenvalue weighted by Gasteiger charge is -2.08. The first-order valence-electron chi connectivity index (χ1n) is 5.39. The minimum absolute atomic E-state index is 0.143. The van der Waals surface area contributed by atoms with Gasteiger partial charge in [0.15, 0.2) is 0 Å². The first kappa shape index (κ1) is 10.8. The van der Waals surface area contributed by atoms with Gasteiger partial charge in [0.2, 0.25) is 0 Å². The van der Waals surface area contributed by atoms with Crippen LogP contribution in [0.25, 0.3) is 0 Å². The molecule has 0 amide bonds. The SMILES string of the molecule is Cc1cccc(OCC[C@H]2COC(N)=N2)c1. The molecule has 2 N–H and O–H groups in total. The minimum atomic E-state index is 0.143. The van der Waals surface area contributed by atoms with Gasteiger partial charge in [-0.2, -0.15) is 0 Å². The Labute approximate surface area is 95.1 Å². The zero-order valence-electron chi connectivity index (χ0n) is 9.35. The van der Waals surface area contributed by atoms with E-state index in [4.69, 9.17) is 15.2 Å². The van der Waals surface area contributed by atoms with Crippen molar-refractivity contribution in [3.63, 3.8) is 0 Å². The normalized spacial score (nSPS) is 19.1. The van der Waals surface area contributed by atoms with E-state index in [9.17, 15) is 0 Å². The molecule has 1 aliphatic heterocycles. The number of nitrogens with zero attached hydrogens (tertiary/aromatic N) is 1. The molecule has 0 aliphatic carbocycles. The molecule has 1 heterocycles. The molecular formula is C12H16N2O2. The molecule has 4 heteroatoms. The predicted octanol–water partition coefficient (Wildman–Crippen LogP) is 1.48. The molecule has 0 fully saturated rings. The van der Waals surface area contributed by atoms with E-state index in [-0.39, 0.29) is 6.04 Å². The third-order valence-corrected chi connectivity index (χ3v) is 2.44. The van der Waals surface area contributed by atoms with Crippen LogP contribution in [0, 0.1) is 6.92 Å². The molecule has 0 spiro atoms. The maximum Gasteiger partial charge on any atom is 0.282 e. The zero-order chi connectivity index (χ0) is 11.4. The van der Waals surface area contributed by atoms with Crippen molar-refractivity contribution >= 4 is 6.02 Å². The average molecular weight is 220 g/mol. The second-order valence-electron chi connectivity index (χ2n) is 3.89. The molecule has 86 valence electrons. The van der Waals surface area contributed by atoms with Crippen molar-refractivity contribution in [1.82, 2.24) is 0 Å². The molecule has 4 nitrogen and oxygen atoms in total. The quantitative estimate of drug-likeness (QED) is 0.836. The van der Waals surface area contributed by atoms with Crippen molar-refractivity contribution < 1.29 is 9.47 Å². The number of amidine groups is 1. The van der Waals surface area contributed by atoms with E-state index in [1.165, 1.54) is 5.56 Å². The van der Waals surface area contributed by atoms with Crippen LogP contribution in [0.1, 0.15) is 12.0 Å². The standard InChI is InChI=1S/C12H16N2O2/c1-9-3-2-4-11(7-9)15-6-5-10-8-16-12(13)14-10/h2-4,7,10H,5-6,8H2,1H3,(H2,13,14)/t10-/m0/s1. The fraction of sp³-hybridized carbons (Fsp3) is 0.417. The van der Waals surface area contributed by atoms with E-state index in [1.807, 2.05) is 31.2 Å². The Bertz CT molecular complexity index is 390. The Morgan fingerprint density at radius 3 is 3.12 bits per heavy atom. The third kappa shape index (κ3) is 2.89. The molecule has 0 saturated heterocycles. The Morgan fingerprint density at radius 1 is 1.56 bits per heavy atom. The Balaban J connectivity index is 1.76. The molecule has 1 atom stereocenters. The first-order chi connectivity index (χ1) is 7.74. The Morgan fingerprint density at radius 2 is 2.44 bits per heavy atom. The van der Waals surface area contributed by atoms with Gasteiger partial charge in [-0.1, -0.05) is 12.1 Å². The third-order valence-electron chi connectivity index (χ3n) is 2.44. The summed E-state index contributed by atoms with van der Waals surface area (Å²) in [5.74, 6) is 0.899. The van der Waals surface area contributed by atoms with Crippen LogP contribution in [0.2, 0.25) is 0 Å². The molecule has 0 bridgehead atoms. The number of ether oxygens (including phenoxy) is 2. The van der Waals surface area contributed by atoms with Crippen molar-refractivity contribution in [1.29, 1.82) is 0 Å². The van der Waals surface area contributed by atoms with Crippen molar-refractivity contribution in [2.24, 2.45) is 10.7 Å². The largest absolute Gasteiger partial charge is 0.494 e. The number of rotatable bonds is 4. The lowest BCUT2D eigenvalue weighted by Crippen LogP contribution is -2.12. The van der Waals surface area contributed by atoms with Gasteiger partial charge in [-0.05, 0) is 24.6 Å². The van der Waals surface area contributed by atoms with E-state index in [0.717, 1.165) is 12.2 Å². The fourth-order valence-electron chi connectivity index (χ4n) is 1.60. The summed E-state index contributed by atoms with van der Waals surface area (Å²) in [4.78, 5) is 4.13. The van der Waals surface area contributed by atoms with Gasteiger partial charge in [0.25, 0.3) is 6.02 Å². The highest BCUT2D eigenvalue weighted by atomic mass is 16.5. The van der Waals surface area contributed by atoms with Crippen LogP contribution < -0.4 is 10.5 Å². The van der Waals surface area contributed by atoms with Crippen molar-refractivity contribution in [3.05, 3.63) is 29.8 Å². The second-order valence-corrected chi connectivity index (χ2v) is 3.89. The molecule has 0 unspecified atom stereocenters. The second kappa shape index (κ2) is 4.88. The van der Waals surface area contributed by atoms with Gasteiger partial charge in [-0.15, -0.1) is 0 Å². The summed E-state index contributed by atoms with van der Waals surface area (Å²) in [6.45, 7) is 3.25. The van der Waals surface area contributed by atoms with Gasteiger partial charge in [0, 0.05) is 6.42 Å². The van der Waals surface area contributed by atoms with Gasteiger partial charge in [0.05, 0.1) is 12.6 Å². The predicted molar refractivity (Wildman–Crippen MR) is 62.7 cm³/mol. The maximum atomic E-state index is 5.62. The monoisotopic (exact) mass is 220 g/mol. The molecule has 1 aromatic carbocycles. The lowest BCUT2D eigenvalue weighted by atomic mass is 10.2. The van der Waals surface area contributed by atoms with Crippen LogP contribution in [0.15, 0.2) is 29.3 Å². The number of hydrogen-bond acceptors (Lipinski definition) is 4. The van der Waals surface area contributed by atoms with Crippen molar-refractivity contribution in [2.75, 3.05) is 13.2 Å². The number of hydrogen-bond donors (Lipinski definition) is 1. The highest BCUT2D eigenvalue weighted by Gasteiger charge is 2.16. The average Bonchev–Trinajstić information content (AvgIpc) is 2.64. The Hall–Kier alpha value is -1.71. The molecule has 1 aromatic rings. The van der Waals surface area contributed by atoms with Crippen LogP contribution in [-0.2, 0) is 4.74 Å². The molecule has 0 radical (unpaired) electrons. The van der Waals surface area contributed by atoms with Crippen LogP contribution >= 0.6 is 0 Å². The van der Waals surface area contributed by atoms with Crippen LogP contribution in [-0.4, -0.2) is 25.3 Å². The van der Waals surface area contributed by atoms with E-state index in [1.54, 1.807) is 0 Å². The molecule has 0 aromatic heterocycles. The number of nitrogens with two attached hydrogens (primary N) is 1. The molecule has 16 heavy (non-hydrogen) atoms. The zero-order valence-corrected chi connectivity index (χ0v) is 9.35. The molecule has 2 rings (SSSR count). The molecule has 1 aliphatic rings. The summed E-state index contributed by atoms with van der Waals surface area (Å²) in [6.07, 6.45) is 0.828. The van der Waals surface area contributed by atoms with Crippen molar-refractivity contribution in [3.8, 4) is 5.75 Å². The summed E-state index contributed by atoms with van der Waals surface area (Å²) in [7, 11) is 0. The summed E-state index contributed by atoms with van der Waals surface area (Å²) < 4.78 is 10.7. The van der Waals surface area contributed by atoms with Crippen molar-refractivity contribution in [2.45, 2.75) is 19.4 Å². The van der Waals surface area contributed by atoms with Crippen LogP contribution in [0.3, 0.4) is 0 Å². The summed E-state index contributed by atoms with van der Waals surface area (Å²) >= 11 is 0. The summed E-state index contributed by atoms with van der Waals surface area (Å²) in [6, 6.07) is 8.44. The van der Waals surface area contributed by atoms with Gasteiger partial charge in [-0.3, -0.25) is 0 Å². The number of benzene rings is 1. The summed E-state index contributed by atoms with van der Waals surface area (Å²) in [5, 5.41) is 0. The smallest absolute Gasteiger partial charge is 0.282 e. The topological polar surface area (TPSA) is 56.8 Å². The highest BCUT2D eigenvalue weighted by molar-refractivity contribution is 5.72. The first-order valence-corrected chi connectivity index (χ1v) is 5.39. The van der Waals surface area contributed by atoms with E-state index >= 15 is 0 Å². The van der Waals surface area contributed by atoms with E-state index < -0.39 is 0 Å². The number of aryl methyl sites for hydroxylation is 1. The van der Waals surface area contributed by atoms with Gasteiger partial charge >= 0.3 is 0 Å². The Kier molecular flexibility index (Phi) is 3.29.